The van der Waals surface area contributed by atoms with Crippen molar-refractivity contribution in [1.29, 1.82) is 5.26 Å². The lowest BCUT2D eigenvalue weighted by molar-refractivity contribution is 0.0740. The van der Waals surface area contributed by atoms with Crippen LogP contribution in [0.15, 0.2) is 67.0 Å². The molecule has 3 aromatic rings. The first kappa shape index (κ1) is 18.4. The van der Waals surface area contributed by atoms with Gasteiger partial charge in [-0.25, -0.2) is 4.98 Å². The van der Waals surface area contributed by atoms with Crippen molar-refractivity contribution in [3.63, 3.8) is 0 Å². The number of aromatic nitrogens is 2. The van der Waals surface area contributed by atoms with E-state index in [0.29, 0.717) is 24.3 Å². The first-order valence-electron chi connectivity index (χ1n) is 9.41. The molecule has 29 heavy (non-hydrogen) atoms. The molecule has 1 aliphatic heterocycles. The van der Waals surface area contributed by atoms with Gasteiger partial charge in [-0.3, -0.25) is 9.78 Å². The zero-order chi connectivity index (χ0) is 20.1. The number of piperazine rings is 1. The highest BCUT2D eigenvalue weighted by Crippen LogP contribution is 2.19. The minimum atomic E-state index is -0.0832. The predicted octanol–water partition coefficient (Wildman–Crippen LogP) is 3.05. The summed E-state index contributed by atoms with van der Waals surface area (Å²) in [6.45, 7) is 2.72. The molecule has 7 nitrogen and oxygen atoms in total. The maximum absolute atomic E-state index is 12.9. The van der Waals surface area contributed by atoms with Gasteiger partial charge in [-0.15, -0.1) is 0 Å². The fourth-order valence-corrected chi connectivity index (χ4v) is 3.30. The molecule has 7 heteroatoms. The van der Waals surface area contributed by atoms with Crippen LogP contribution in [0.4, 0.5) is 17.2 Å². The zero-order valence-corrected chi connectivity index (χ0v) is 15.8. The van der Waals surface area contributed by atoms with E-state index < -0.39 is 0 Å². The Balaban J connectivity index is 1.42. The summed E-state index contributed by atoms with van der Waals surface area (Å²) in [6, 6.07) is 18.7. The van der Waals surface area contributed by atoms with Crippen molar-refractivity contribution in [3.05, 3.63) is 78.2 Å². The van der Waals surface area contributed by atoms with Gasteiger partial charge in [0.1, 0.15) is 11.5 Å². The Bertz CT molecular complexity index is 1040. The van der Waals surface area contributed by atoms with Crippen molar-refractivity contribution >= 4 is 23.1 Å². The van der Waals surface area contributed by atoms with Crippen molar-refractivity contribution in [2.75, 3.05) is 36.4 Å². The lowest BCUT2D eigenvalue weighted by atomic mass is 10.2. The van der Waals surface area contributed by atoms with Gasteiger partial charge in [0.2, 0.25) is 0 Å². The highest BCUT2D eigenvalue weighted by atomic mass is 16.2. The van der Waals surface area contributed by atoms with E-state index in [-0.39, 0.29) is 5.91 Å². The Labute approximate surface area is 169 Å². The molecule has 144 valence electrons. The monoisotopic (exact) mass is 384 g/mol. The molecule has 0 atom stereocenters. The molecule has 4 rings (SSSR count). The lowest BCUT2D eigenvalue weighted by Crippen LogP contribution is -2.49. The topological polar surface area (TPSA) is 85.1 Å². The van der Waals surface area contributed by atoms with E-state index in [1.807, 2.05) is 35.2 Å². The molecule has 0 saturated carbocycles. The SMILES string of the molecule is N#Cc1cccc(Nc2ccnc(C(=O)N3CCN(c4ccccn4)CC3)c2)c1. The standard InChI is InChI=1S/C22H20N6O/c23-16-17-4-3-5-18(14-17)26-19-7-9-24-20(15-19)22(29)28-12-10-27(11-13-28)21-6-1-2-8-25-21/h1-9,14-15H,10-13H2,(H,24,26). The number of nitrogens with one attached hydrogen (secondary N) is 1. The van der Waals surface area contributed by atoms with Crippen molar-refractivity contribution < 1.29 is 4.79 Å². The van der Waals surface area contributed by atoms with Gasteiger partial charge in [-0.2, -0.15) is 5.26 Å². The van der Waals surface area contributed by atoms with E-state index >= 15 is 0 Å². The van der Waals surface area contributed by atoms with Crippen LogP contribution in [0.2, 0.25) is 0 Å². The highest BCUT2D eigenvalue weighted by Gasteiger charge is 2.23. The molecule has 0 unspecified atom stereocenters. The van der Waals surface area contributed by atoms with Crippen molar-refractivity contribution in [1.82, 2.24) is 14.9 Å². The molecule has 1 amide bonds. The largest absolute Gasteiger partial charge is 0.355 e. The van der Waals surface area contributed by atoms with Crippen LogP contribution in [-0.2, 0) is 0 Å². The third kappa shape index (κ3) is 4.33. The molecular formula is C22H20N6O. The molecule has 3 heterocycles. The van der Waals surface area contributed by atoms with Crippen LogP contribution in [0.5, 0.6) is 0 Å². The van der Waals surface area contributed by atoms with E-state index in [1.165, 1.54) is 0 Å². The fraction of sp³-hybridized carbons (Fsp3) is 0.182. The lowest BCUT2D eigenvalue weighted by Gasteiger charge is -2.35. The third-order valence-electron chi connectivity index (χ3n) is 4.80. The number of rotatable bonds is 4. The molecule has 1 saturated heterocycles. The van der Waals surface area contributed by atoms with Gasteiger partial charge < -0.3 is 15.1 Å². The maximum atomic E-state index is 12.9. The molecule has 1 N–H and O–H groups in total. The third-order valence-corrected chi connectivity index (χ3v) is 4.80. The van der Waals surface area contributed by atoms with Crippen LogP contribution < -0.4 is 10.2 Å². The summed E-state index contributed by atoms with van der Waals surface area (Å²) in [5.41, 5.74) is 2.52. The predicted molar refractivity (Wildman–Crippen MR) is 111 cm³/mol. The van der Waals surface area contributed by atoms with Crippen molar-refractivity contribution in [3.8, 4) is 6.07 Å². The molecule has 2 aromatic heterocycles. The summed E-state index contributed by atoms with van der Waals surface area (Å²) in [6.07, 6.45) is 3.40. The van der Waals surface area contributed by atoms with Gasteiger partial charge in [0.25, 0.3) is 5.91 Å². The first-order chi connectivity index (χ1) is 14.2. The quantitative estimate of drug-likeness (QED) is 0.744. The molecular weight excluding hydrogens is 364 g/mol. The Morgan fingerprint density at radius 3 is 2.52 bits per heavy atom. The average Bonchev–Trinajstić information content (AvgIpc) is 2.79. The second kappa shape index (κ2) is 8.40. The molecule has 0 radical (unpaired) electrons. The van der Waals surface area contributed by atoms with Crippen molar-refractivity contribution in [2.45, 2.75) is 0 Å². The summed E-state index contributed by atoms with van der Waals surface area (Å²) in [5.74, 6) is 0.851. The summed E-state index contributed by atoms with van der Waals surface area (Å²) in [5, 5.41) is 12.3. The molecule has 0 aliphatic carbocycles. The summed E-state index contributed by atoms with van der Waals surface area (Å²) < 4.78 is 0. The minimum absolute atomic E-state index is 0.0832. The second-order valence-corrected chi connectivity index (χ2v) is 6.71. The van der Waals surface area contributed by atoms with Crippen LogP contribution in [-0.4, -0.2) is 47.0 Å². The van der Waals surface area contributed by atoms with Gasteiger partial charge in [0.05, 0.1) is 11.6 Å². The van der Waals surface area contributed by atoms with Gasteiger partial charge in [0.15, 0.2) is 0 Å². The Morgan fingerprint density at radius 1 is 0.931 bits per heavy atom. The molecule has 1 aliphatic rings. The average molecular weight is 384 g/mol. The number of nitriles is 1. The molecule has 1 aromatic carbocycles. The summed E-state index contributed by atoms with van der Waals surface area (Å²) in [7, 11) is 0. The number of carbonyl (C=O) groups is 1. The smallest absolute Gasteiger partial charge is 0.272 e. The molecule has 0 bridgehead atoms. The number of hydrogen-bond acceptors (Lipinski definition) is 6. The van der Waals surface area contributed by atoms with Crippen molar-refractivity contribution in [2.24, 2.45) is 0 Å². The number of amides is 1. The number of anilines is 3. The van der Waals surface area contributed by atoms with Gasteiger partial charge >= 0.3 is 0 Å². The normalized spacial score (nSPS) is 13.6. The van der Waals surface area contributed by atoms with E-state index in [9.17, 15) is 4.79 Å². The number of carbonyl (C=O) groups excluding carboxylic acids is 1. The van der Waals surface area contributed by atoms with E-state index in [0.717, 1.165) is 30.3 Å². The van der Waals surface area contributed by atoms with Crippen LogP contribution in [0, 0.1) is 11.3 Å². The van der Waals surface area contributed by atoms with Gasteiger partial charge in [0, 0.05) is 49.9 Å². The number of pyridine rings is 2. The van der Waals surface area contributed by atoms with E-state index in [2.05, 4.69) is 26.3 Å². The highest BCUT2D eigenvalue weighted by molar-refractivity contribution is 5.93. The Hall–Kier alpha value is -3.92. The number of nitrogens with zero attached hydrogens (tertiary/aromatic N) is 5. The number of hydrogen-bond donors (Lipinski definition) is 1. The van der Waals surface area contributed by atoms with E-state index in [4.69, 9.17) is 5.26 Å². The summed E-state index contributed by atoms with van der Waals surface area (Å²) >= 11 is 0. The van der Waals surface area contributed by atoms with Crippen LogP contribution in [0.3, 0.4) is 0 Å². The summed E-state index contributed by atoms with van der Waals surface area (Å²) in [4.78, 5) is 25.5. The van der Waals surface area contributed by atoms with Gasteiger partial charge in [-0.1, -0.05) is 12.1 Å². The van der Waals surface area contributed by atoms with Gasteiger partial charge in [-0.05, 0) is 42.5 Å². The minimum Gasteiger partial charge on any atom is -0.355 e. The Morgan fingerprint density at radius 2 is 1.76 bits per heavy atom. The van der Waals surface area contributed by atoms with Crippen LogP contribution in [0.25, 0.3) is 0 Å². The van der Waals surface area contributed by atoms with Crippen LogP contribution in [0.1, 0.15) is 16.1 Å². The van der Waals surface area contributed by atoms with E-state index in [1.54, 1.807) is 36.7 Å². The molecule has 1 fully saturated rings. The Kier molecular flexibility index (Phi) is 5.34. The first-order valence-corrected chi connectivity index (χ1v) is 9.41. The maximum Gasteiger partial charge on any atom is 0.272 e. The second-order valence-electron chi connectivity index (χ2n) is 6.71. The molecule has 0 spiro atoms. The zero-order valence-electron chi connectivity index (χ0n) is 15.8. The van der Waals surface area contributed by atoms with Crippen LogP contribution >= 0.6 is 0 Å². The number of benzene rings is 1. The fourth-order valence-electron chi connectivity index (χ4n) is 3.30.